The highest BCUT2D eigenvalue weighted by atomic mass is 19.4. The molecule has 0 fully saturated rings. The van der Waals surface area contributed by atoms with Crippen molar-refractivity contribution in [1.82, 2.24) is 10.6 Å². The molecule has 1 aromatic carbocycles. The second-order valence-corrected chi connectivity index (χ2v) is 6.25. The van der Waals surface area contributed by atoms with E-state index in [1.54, 1.807) is 18.2 Å². The molecule has 0 spiro atoms. The Morgan fingerprint density at radius 3 is 2.48 bits per heavy atom. The molecule has 6 nitrogen and oxygen atoms in total. The van der Waals surface area contributed by atoms with E-state index < -0.39 is 12.8 Å². The maximum absolute atomic E-state index is 12.3. The maximum Gasteiger partial charge on any atom is 0.422 e. The minimum atomic E-state index is -4.36. The average Bonchev–Trinajstić information content (AvgIpc) is 2.69. The van der Waals surface area contributed by atoms with Gasteiger partial charge in [-0.05, 0) is 31.0 Å². The van der Waals surface area contributed by atoms with Crippen molar-refractivity contribution in [3.8, 4) is 5.75 Å². The highest BCUT2D eigenvalue weighted by Gasteiger charge is 2.28. The van der Waals surface area contributed by atoms with Crippen molar-refractivity contribution in [1.29, 1.82) is 0 Å². The van der Waals surface area contributed by atoms with Crippen molar-refractivity contribution in [2.24, 2.45) is 4.99 Å². The Morgan fingerprint density at radius 1 is 1.03 bits per heavy atom. The quantitative estimate of drug-likeness (QED) is 0.274. The van der Waals surface area contributed by atoms with Gasteiger partial charge in [0.1, 0.15) is 5.75 Å². The van der Waals surface area contributed by atoms with E-state index in [1.165, 1.54) is 6.07 Å². The summed E-state index contributed by atoms with van der Waals surface area (Å²) in [5, 5.41) is 6.27. The Bertz CT molecular complexity index is 584. The molecule has 166 valence electrons. The molecule has 9 heteroatoms. The SMILES string of the molecule is CCCCOCCOCCNC(=NCc1cccc(OCC(F)(F)F)c1)NCC. The minimum Gasteiger partial charge on any atom is -0.484 e. The molecular formula is C20H32F3N3O3. The number of guanidine groups is 1. The van der Waals surface area contributed by atoms with Crippen LogP contribution in [0.3, 0.4) is 0 Å². The molecule has 2 N–H and O–H groups in total. The van der Waals surface area contributed by atoms with Crippen molar-refractivity contribution in [3.05, 3.63) is 29.8 Å². The van der Waals surface area contributed by atoms with Gasteiger partial charge in [-0.1, -0.05) is 25.5 Å². The second-order valence-electron chi connectivity index (χ2n) is 6.25. The number of hydrogen-bond acceptors (Lipinski definition) is 4. The molecule has 0 radical (unpaired) electrons. The average molecular weight is 419 g/mol. The third kappa shape index (κ3) is 13.8. The lowest BCUT2D eigenvalue weighted by atomic mass is 10.2. The molecule has 0 saturated heterocycles. The Hall–Kier alpha value is -2.00. The van der Waals surface area contributed by atoms with E-state index in [4.69, 9.17) is 14.2 Å². The second kappa shape index (κ2) is 14.9. The number of rotatable bonds is 14. The fourth-order valence-corrected chi connectivity index (χ4v) is 2.22. The Morgan fingerprint density at radius 2 is 1.79 bits per heavy atom. The number of nitrogens with zero attached hydrogens (tertiary/aromatic N) is 1. The highest BCUT2D eigenvalue weighted by molar-refractivity contribution is 5.79. The van der Waals surface area contributed by atoms with Crippen LogP contribution in [-0.2, 0) is 16.0 Å². The van der Waals surface area contributed by atoms with E-state index in [9.17, 15) is 13.2 Å². The predicted octanol–water partition coefficient (Wildman–Crippen LogP) is 3.52. The Labute approximate surface area is 170 Å². The standard InChI is InChI=1S/C20H32F3N3O3/c1-3-5-10-27-12-13-28-11-9-25-19(24-4-2)26-15-17-7-6-8-18(14-17)29-16-20(21,22)23/h6-8,14H,3-5,9-13,15-16H2,1-2H3,(H2,24,25,26). The van der Waals surface area contributed by atoms with Crippen molar-refractivity contribution in [2.45, 2.75) is 39.4 Å². The van der Waals surface area contributed by atoms with Gasteiger partial charge < -0.3 is 24.8 Å². The van der Waals surface area contributed by atoms with E-state index in [0.717, 1.165) is 25.0 Å². The first kappa shape index (κ1) is 25.0. The Kier molecular flexibility index (Phi) is 12.9. The van der Waals surface area contributed by atoms with Crippen molar-refractivity contribution >= 4 is 5.96 Å². The van der Waals surface area contributed by atoms with Crippen LogP contribution >= 0.6 is 0 Å². The molecule has 1 aromatic rings. The summed E-state index contributed by atoms with van der Waals surface area (Å²) in [7, 11) is 0. The Balaban J connectivity index is 2.36. The lowest BCUT2D eigenvalue weighted by Crippen LogP contribution is -2.39. The molecule has 0 aliphatic carbocycles. The van der Waals surface area contributed by atoms with Crippen LogP contribution in [0.4, 0.5) is 13.2 Å². The van der Waals surface area contributed by atoms with E-state index in [0.29, 0.717) is 45.4 Å². The van der Waals surface area contributed by atoms with Gasteiger partial charge in [0.05, 0.1) is 26.4 Å². The zero-order valence-corrected chi connectivity index (χ0v) is 17.2. The summed E-state index contributed by atoms with van der Waals surface area (Å²) >= 11 is 0. The number of unbranched alkanes of at least 4 members (excludes halogenated alkanes) is 1. The summed E-state index contributed by atoms with van der Waals surface area (Å²) < 4.78 is 52.5. The molecule has 0 amide bonds. The summed E-state index contributed by atoms with van der Waals surface area (Å²) in [6, 6.07) is 6.48. The summed E-state index contributed by atoms with van der Waals surface area (Å²) in [5.74, 6) is 0.777. The van der Waals surface area contributed by atoms with Crippen LogP contribution in [0.15, 0.2) is 29.3 Å². The third-order valence-electron chi connectivity index (χ3n) is 3.62. The van der Waals surface area contributed by atoms with Crippen molar-refractivity contribution in [3.63, 3.8) is 0 Å². The molecule has 0 bridgehead atoms. The zero-order chi connectivity index (χ0) is 21.4. The fourth-order valence-electron chi connectivity index (χ4n) is 2.22. The number of alkyl halides is 3. The number of ether oxygens (including phenoxy) is 3. The van der Waals surface area contributed by atoms with E-state index in [2.05, 4.69) is 22.5 Å². The molecule has 0 heterocycles. The maximum atomic E-state index is 12.3. The van der Waals surface area contributed by atoms with Crippen LogP contribution in [0.5, 0.6) is 5.75 Å². The number of nitrogens with one attached hydrogen (secondary N) is 2. The molecule has 0 unspecified atom stereocenters. The highest BCUT2D eigenvalue weighted by Crippen LogP contribution is 2.19. The summed E-state index contributed by atoms with van der Waals surface area (Å²) in [6.07, 6.45) is -2.19. The summed E-state index contributed by atoms with van der Waals surface area (Å²) in [6.45, 7) is 6.74. The first-order chi connectivity index (χ1) is 13.9. The first-order valence-corrected chi connectivity index (χ1v) is 9.90. The molecule has 0 aromatic heterocycles. The van der Waals surface area contributed by atoms with Gasteiger partial charge in [0.2, 0.25) is 0 Å². The number of aliphatic imine (C=N–C) groups is 1. The van der Waals surface area contributed by atoms with Gasteiger partial charge >= 0.3 is 6.18 Å². The van der Waals surface area contributed by atoms with Crippen LogP contribution in [0.2, 0.25) is 0 Å². The van der Waals surface area contributed by atoms with Gasteiger partial charge in [-0.3, -0.25) is 0 Å². The van der Waals surface area contributed by atoms with Gasteiger partial charge in [0, 0.05) is 19.7 Å². The minimum absolute atomic E-state index is 0.169. The summed E-state index contributed by atoms with van der Waals surface area (Å²) in [4.78, 5) is 4.44. The molecule has 0 atom stereocenters. The number of benzene rings is 1. The number of hydrogen-bond donors (Lipinski definition) is 2. The van der Waals surface area contributed by atoms with Crippen LogP contribution < -0.4 is 15.4 Å². The lowest BCUT2D eigenvalue weighted by molar-refractivity contribution is -0.153. The van der Waals surface area contributed by atoms with Gasteiger partial charge in [-0.25, -0.2) is 4.99 Å². The molecule has 0 aliphatic heterocycles. The van der Waals surface area contributed by atoms with Crippen LogP contribution in [-0.4, -0.2) is 58.3 Å². The largest absolute Gasteiger partial charge is 0.484 e. The molecule has 0 saturated carbocycles. The third-order valence-corrected chi connectivity index (χ3v) is 3.62. The van der Waals surface area contributed by atoms with Gasteiger partial charge in [-0.2, -0.15) is 13.2 Å². The van der Waals surface area contributed by atoms with Gasteiger partial charge in [0.25, 0.3) is 0 Å². The summed E-state index contributed by atoms with van der Waals surface area (Å²) in [5.41, 5.74) is 0.752. The van der Waals surface area contributed by atoms with E-state index >= 15 is 0 Å². The normalized spacial score (nSPS) is 12.1. The lowest BCUT2D eigenvalue weighted by Gasteiger charge is -2.12. The molecule has 1 rings (SSSR count). The first-order valence-electron chi connectivity index (χ1n) is 9.90. The van der Waals surface area contributed by atoms with Gasteiger partial charge in [-0.15, -0.1) is 0 Å². The topological polar surface area (TPSA) is 64.1 Å². The predicted molar refractivity (Wildman–Crippen MR) is 107 cm³/mol. The number of halogens is 3. The fraction of sp³-hybridized carbons (Fsp3) is 0.650. The molecule has 29 heavy (non-hydrogen) atoms. The monoisotopic (exact) mass is 419 g/mol. The molecule has 0 aliphatic rings. The van der Waals surface area contributed by atoms with Crippen molar-refractivity contribution < 1.29 is 27.4 Å². The van der Waals surface area contributed by atoms with Crippen LogP contribution in [0, 0.1) is 0 Å². The smallest absolute Gasteiger partial charge is 0.422 e. The van der Waals surface area contributed by atoms with Crippen molar-refractivity contribution in [2.75, 3.05) is 46.1 Å². The zero-order valence-electron chi connectivity index (χ0n) is 17.2. The molecular weight excluding hydrogens is 387 g/mol. The van der Waals surface area contributed by atoms with E-state index in [-0.39, 0.29) is 5.75 Å². The van der Waals surface area contributed by atoms with E-state index in [1.807, 2.05) is 6.92 Å². The van der Waals surface area contributed by atoms with Gasteiger partial charge in [0.15, 0.2) is 12.6 Å². The van der Waals surface area contributed by atoms with Crippen LogP contribution in [0.1, 0.15) is 32.3 Å². The van der Waals surface area contributed by atoms with Crippen LogP contribution in [0.25, 0.3) is 0 Å².